The van der Waals surface area contributed by atoms with Gasteiger partial charge >= 0.3 is 0 Å². The summed E-state index contributed by atoms with van der Waals surface area (Å²) in [5.74, 6) is 0.806. The number of nitrogens with one attached hydrogen (secondary N) is 2. The minimum atomic E-state index is -4.00. The molecule has 0 atom stereocenters. The number of para-hydroxylation sites is 1. The lowest BCUT2D eigenvalue weighted by Crippen LogP contribution is -2.00. The largest absolute Gasteiger partial charge is 0.340 e. The fourth-order valence-electron chi connectivity index (χ4n) is 4.56. The predicted octanol–water partition coefficient (Wildman–Crippen LogP) is 7.66. The van der Waals surface area contributed by atoms with Crippen LogP contribution in [0.4, 0.5) is 15.9 Å². The number of rotatable bonds is 5. The second-order valence-corrected chi connectivity index (χ2v) is 11.0. The minimum absolute atomic E-state index is 0.0741. The van der Waals surface area contributed by atoms with Crippen molar-refractivity contribution in [3.8, 4) is 22.5 Å². The first kappa shape index (κ1) is 27.7. The molecule has 0 aliphatic rings. The summed E-state index contributed by atoms with van der Waals surface area (Å²) in [6, 6.07) is 35.8. The van der Waals surface area contributed by atoms with E-state index in [1.54, 1.807) is 30.5 Å². The normalized spacial score (nSPS) is 11.2. The van der Waals surface area contributed by atoms with Gasteiger partial charge in [-0.15, -0.1) is 0 Å². The highest BCUT2D eigenvalue weighted by Crippen LogP contribution is 2.31. The standard InChI is InChI=1S/C27H18FN5.C6H6O3S/c28-23-15-18(10-12-21(23)17-6-2-1-3-7-17)26-31-25-9-5-4-8-22(25)27(32-26)30-20-11-13-24-19(14-20)16-29-33-24;7-10(8,9)6-4-2-1-3-5-6/h1-16H,(H,29,33)(H,30,31,32);1-5H,(H,7,8,9). The van der Waals surface area contributed by atoms with Gasteiger partial charge in [-0.3, -0.25) is 9.65 Å². The lowest BCUT2D eigenvalue weighted by molar-refractivity contribution is 0.483. The molecule has 0 bridgehead atoms. The van der Waals surface area contributed by atoms with Gasteiger partial charge in [-0.1, -0.05) is 72.8 Å². The number of benzene rings is 5. The van der Waals surface area contributed by atoms with Gasteiger partial charge in [0.25, 0.3) is 10.1 Å². The number of nitrogens with zero attached hydrogens (tertiary/aromatic N) is 3. The van der Waals surface area contributed by atoms with Crippen LogP contribution >= 0.6 is 0 Å². The molecular weight excluding hydrogens is 565 g/mol. The first-order valence-corrected chi connectivity index (χ1v) is 14.6. The van der Waals surface area contributed by atoms with Crippen LogP contribution in [0.1, 0.15) is 0 Å². The first-order chi connectivity index (χ1) is 20.8. The molecule has 3 N–H and O–H groups in total. The molecule has 0 fully saturated rings. The number of hydrogen-bond donors (Lipinski definition) is 3. The van der Waals surface area contributed by atoms with Crippen molar-refractivity contribution >= 4 is 43.4 Å². The van der Waals surface area contributed by atoms with Crippen molar-refractivity contribution in [2.24, 2.45) is 0 Å². The molecule has 0 radical (unpaired) electrons. The summed E-state index contributed by atoms with van der Waals surface area (Å²) in [6.45, 7) is 0. The molecule has 212 valence electrons. The Morgan fingerprint density at radius 1 is 0.744 bits per heavy atom. The quantitative estimate of drug-likeness (QED) is 0.176. The first-order valence-electron chi connectivity index (χ1n) is 13.2. The summed E-state index contributed by atoms with van der Waals surface area (Å²) in [5, 5.41) is 12.3. The molecule has 0 saturated carbocycles. The average molecular weight is 590 g/mol. The molecule has 2 aromatic heterocycles. The van der Waals surface area contributed by atoms with Gasteiger partial charge in [0, 0.05) is 27.6 Å². The smallest absolute Gasteiger partial charge is 0.294 e. The molecule has 2 heterocycles. The molecule has 43 heavy (non-hydrogen) atoms. The van der Waals surface area contributed by atoms with Crippen molar-refractivity contribution in [2.45, 2.75) is 4.90 Å². The fourth-order valence-corrected chi connectivity index (χ4v) is 5.06. The molecule has 10 heteroatoms. The summed E-state index contributed by atoms with van der Waals surface area (Å²) in [5.41, 5.74) is 4.62. The third-order valence-corrected chi connectivity index (χ3v) is 7.53. The number of H-pyrrole nitrogens is 1. The van der Waals surface area contributed by atoms with Crippen LogP contribution < -0.4 is 5.32 Å². The SMILES string of the molecule is Fc1cc(-c2nc(Nc3ccc4[nH]ncc4c3)c3ccccc3n2)ccc1-c1ccccc1.O=S(=O)(O)c1ccccc1. The molecule has 0 amide bonds. The molecule has 7 rings (SSSR count). The summed E-state index contributed by atoms with van der Waals surface area (Å²) in [6.07, 6.45) is 1.78. The monoisotopic (exact) mass is 589 g/mol. The van der Waals surface area contributed by atoms with E-state index in [0.717, 1.165) is 33.1 Å². The van der Waals surface area contributed by atoms with Crippen molar-refractivity contribution in [3.63, 3.8) is 0 Å². The van der Waals surface area contributed by atoms with Crippen LogP contribution in [0.5, 0.6) is 0 Å². The van der Waals surface area contributed by atoms with Crippen LogP contribution in [0.15, 0.2) is 132 Å². The van der Waals surface area contributed by atoms with Crippen molar-refractivity contribution in [3.05, 3.63) is 133 Å². The van der Waals surface area contributed by atoms with Gasteiger partial charge in [0.1, 0.15) is 11.6 Å². The summed E-state index contributed by atoms with van der Waals surface area (Å²) in [4.78, 5) is 9.39. The molecule has 5 aromatic carbocycles. The zero-order chi connectivity index (χ0) is 29.8. The summed E-state index contributed by atoms with van der Waals surface area (Å²) >= 11 is 0. The lowest BCUT2D eigenvalue weighted by Gasteiger charge is -2.12. The van der Waals surface area contributed by atoms with Crippen molar-refractivity contribution in [1.29, 1.82) is 0 Å². The zero-order valence-corrected chi connectivity index (χ0v) is 23.3. The van der Waals surface area contributed by atoms with Gasteiger partial charge in [-0.25, -0.2) is 14.4 Å². The van der Waals surface area contributed by atoms with Crippen LogP contribution in [0.2, 0.25) is 0 Å². The van der Waals surface area contributed by atoms with Crippen LogP contribution in [-0.2, 0) is 10.1 Å². The Morgan fingerprint density at radius 3 is 2.19 bits per heavy atom. The van der Waals surface area contributed by atoms with Crippen LogP contribution in [0.25, 0.3) is 44.3 Å². The number of aromatic amines is 1. The molecule has 0 saturated heterocycles. The Kier molecular flexibility index (Phi) is 7.61. The minimum Gasteiger partial charge on any atom is -0.340 e. The summed E-state index contributed by atoms with van der Waals surface area (Å²) in [7, 11) is -4.00. The van der Waals surface area contributed by atoms with Crippen LogP contribution in [0.3, 0.4) is 0 Å². The van der Waals surface area contributed by atoms with E-state index in [-0.39, 0.29) is 10.7 Å². The second-order valence-electron chi connectivity index (χ2n) is 9.56. The van der Waals surface area contributed by atoms with Crippen molar-refractivity contribution < 1.29 is 17.4 Å². The highest BCUT2D eigenvalue weighted by Gasteiger charge is 2.13. The van der Waals surface area contributed by atoms with Gasteiger partial charge in [0.2, 0.25) is 0 Å². The van der Waals surface area contributed by atoms with E-state index >= 15 is 4.39 Å². The maximum atomic E-state index is 15.0. The number of halogens is 1. The Bertz CT molecular complexity index is 2160. The average Bonchev–Trinajstić information content (AvgIpc) is 3.50. The second kappa shape index (κ2) is 11.8. The van der Waals surface area contributed by atoms with E-state index in [0.29, 0.717) is 22.8 Å². The third kappa shape index (κ3) is 6.25. The number of anilines is 2. The van der Waals surface area contributed by atoms with Crippen molar-refractivity contribution in [1.82, 2.24) is 20.2 Å². The van der Waals surface area contributed by atoms with Gasteiger partial charge in [-0.2, -0.15) is 13.5 Å². The topological polar surface area (TPSA) is 121 Å². The predicted molar refractivity (Wildman–Crippen MR) is 166 cm³/mol. The summed E-state index contributed by atoms with van der Waals surface area (Å²) < 4.78 is 44.3. The Morgan fingerprint density at radius 2 is 1.47 bits per heavy atom. The van der Waals surface area contributed by atoms with E-state index in [1.165, 1.54) is 18.2 Å². The maximum absolute atomic E-state index is 15.0. The maximum Gasteiger partial charge on any atom is 0.294 e. The van der Waals surface area contributed by atoms with Gasteiger partial charge < -0.3 is 5.32 Å². The molecule has 0 aliphatic heterocycles. The number of fused-ring (bicyclic) bond motifs is 2. The van der Waals surface area contributed by atoms with Crippen LogP contribution in [-0.4, -0.2) is 33.1 Å². The van der Waals surface area contributed by atoms with Gasteiger partial charge in [-0.05, 0) is 54.1 Å². The molecule has 7 aromatic rings. The lowest BCUT2D eigenvalue weighted by atomic mass is 10.0. The van der Waals surface area contributed by atoms with Crippen molar-refractivity contribution in [2.75, 3.05) is 5.32 Å². The van der Waals surface area contributed by atoms with E-state index in [1.807, 2.05) is 78.9 Å². The van der Waals surface area contributed by atoms with E-state index < -0.39 is 10.1 Å². The molecular formula is C33H24FN5O3S. The Balaban J connectivity index is 0.000000281. The number of aromatic nitrogens is 4. The van der Waals surface area contributed by atoms with E-state index in [4.69, 9.17) is 14.5 Å². The van der Waals surface area contributed by atoms with E-state index in [9.17, 15) is 8.42 Å². The third-order valence-electron chi connectivity index (χ3n) is 6.66. The number of hydrogen-bond acceptors (Lipinski definition) is 6. The molecule has 0 aliphatic carbocycles. The van der Waals surface area contributed by atoms with Gasteiger partial charge in [0.05, 0.1) is 22.1 Å². The highest BCUT2D eigenvalue weighted by atomic mass is 32.2. The highest BCUT2D eigenvalue weighted by molar-refractivity contribution is 7.85. The molecule has 0 spiro atoms. The molecule has 0 unspecified atom stereocenters. The Hall–Kier alpha value is -5.45. The molecule has 8 nitrogen and oxygen atoms in total. The van der Waals surface area contributed by atoms with Crippen LogP contribution in [0, 0.1) is 5.82 Å². The van der Waals surface area contributed by atoms with E-state index in [2.05, 4.69) is 15.5 Å². The van der Waals surface area contributed by atoms with Gasteiger partial charge in [0.15, 0.2) is 5.82 Å². The fraction of sp³-hybridized carbons (Fsp3) is 0. The Labute approximate surface area is 246 Å². The zero-order valence-electron chi connectivity index (χ0n) is 22.5.